The number of carbonyl (C=O) groups is 1. The largest absolute Gasteiger partial charge is 0.318 e. The molecule has 0 unspecified atom stereocenters. The highest BCUT2D eigenvalue weighted by Gasteiger charge is 2.25. The normalized spacial score (nSPS) is 16.4. The molecule has 1 aliphatic heterocycles. The first-order chi connectivity index (χ1) is 15.2. The van der Waals surface area contributed by atoms with E-state index in [9.17, 15) is 4.79 Å². The predicted molar refractivity (Wildman–Crippen MR) is 137 cm³/mol. The third kappa shape index (κ3) is 4.51. The van der Waals surface area contributed by atoms with Gasteiger partial charge in [0.15, 0.2) is 5.17 Å². The first-order valence-corrected chi connectivity index (χ1v) is 11.8. The monoisotopic (exact) mass is 483 g/mol. The van der Waals surface area contributed by atoms with Gasteiger partial charge >= 0.3 is 0 Å². The number of nitrogens with zero attached hydrogens (tertiary/aromatic N) is 2. The zero-order chi connectivity index (χ0) is 23.0. The maximum absolute atomic E-state index is 12.6. The van der Waals surface area contributed by atoms with E-state index in [1.54, 1.807) is 18.2 Å². The number of rotatable bonds is 4. The molecule has 0 atom stereocenters. The number of aliphatic imine (C=N–C) groups is 1. The maximum Gasteiger partial charge on any atom is 0.264 e. The smallest absolute Gasteiger partial charge is 0.264 e. The minimum Gasteiger partial charge on any atom is -0.318 e. The van der Waals surface area contributed by atoms with Gasteiger partial charge in [-0.05, 0) is 79.1 Å². The van der Waals surface area contributed by atoms with Crippen LogP contribution in [0.15, 0.2) is 58.4 Å². The van der Waals surface area contributed by atoms with Crippen LogP contribution in [0.2, 0.25) is 10.0 Å². The SMILES string of the molecule is Cc1cc(/C=C2\SC(=Nc3cccc(Cl)c3Cl)NC2=O)c(C)n1-c1ccc(C(C)C)cc1. The van der Waals surface area contributed by atoms with Crippen LogP contribution in [0.1, 0.15) is 42.3 Å². The number of aryl methyl sites for hydroxylation is 1. The molecule has 32 heavy (non-hydrogen) atoms. The molecule has 2 heterocycles. The molecule has 1 amide bonds. The first-order valence-electron chi connectivity index (χ1n) is 10.3. The molecule has 164 valence electrons. The fourth-order valence-electron chi connectivity index (χ4n) is 3.65. The Morgan fingerprint density at radius 3 is 2.50 bits per heavy atom. The Morgan fingerprint density at radius 2 is 1.81 bits per heavy atom. The van der Waals surface area contributed by atoms with Gasteiger partial charge in [-0.1, -0.05) is 55.2 Å². The van der Waals surface area contributed by atoms with Crippen LogP contribution in [0.25, 0.3) is 11.8 Å². The number of amidine groups is 1. The molecule has 7 heteroatoms. The van der Waals surface area contributed by atoms with E-state index in [4.69, 9.17) is 23.2 Å². The third-order valence-corrected chi connectivity index (χ3v) is 7.10. The highest BCUT2D eigenvalue weighted by Crippen LogP contribution is 2.35. The summed E-state index contributed by atoms with van der Waals surface area (Å²) in [5.41, 5.74) is 6.11. The topological polar surface area (TPSA) is 46.4 Å². The van der Waals surface area contributed by atoms with E-state index in [-0.39, 0.29) is 5.91 Å². The van der Waals surface area contributed by atoms with Gasteiger partial charge in [-0.15, -0.1) is 0 Å². The molecular formula is C25H23Cl2N3OS. The van der Waals surface area contributed by atoms with Gasteiger partial charge in [0.1, 0.15) is 0 Å². The van der Waals surface area contributed by atoms with Crippen LogP contribution in [-0.2, 0) is 4.79 Å². The van der Waals surface area contributed by atoms with Gasteiger partial charge in [0.05, 0.1) is 20.6 Å². The van der Waals surface area contributed by atoms with Gasteiger partial charge in [-0.25, -0.2) is 4.99 Å². The minimum absolute atomic E-state index is 0.182. The van der Waals surface area contributed by atoms with Crippen LogP contribution in [0.3, 0.4) is 0 Å². The molecule has 1 aliphatic rings. The average molecular weight is 484 g/mol. The summed E-state index contributed by atoms with van der Waals surface area (Å²) in [6.45, 7) is 8.51. The minimum atomic E-state index is -0.182. The summed E-state index contributed by atoms with van der Waals surface area (Å²) in [5, 5.41) is 4.07. The van der Waals surface area contributed by atoms with Gasteiger partial charge in [0.2, 0.25) is 0 Å². The second-order valence-corrected chi connectivity index (χ2v) is 9.78. The highest BCUT2D eigenvalue weighted by atomic mass is 35.5. The summed E-state index contributed by atoms with van der Waals surface area (Å²) in [6.07, 6.45) is 1.91. The van der Waals surface area contributed by atoms with E-state index in [0.717, 1.165) is 22.6 Å². The van der Waals surface area contributed by atoms with Crippen LogP contribution >= 0.6 is 35.0 Å². The molecule has 0 radical (unpaired) electrons. The Kier molecular flexibility index (Phi) is 6.52. The molecule has 3 aromatic rings. The van der Waals surface area contributed by atoms with Gasteiger partial charge in [-0.2, -0.15) is 0 Å². The van der Waals surface area contributed by atoms with Crippen LogP contribution in [0.5, 0.6) is 0 Å². The molecule has 1 N–H and O–H groups in total. The van der Waals surface area contributed by atoms with Gasteiger partial charge < -0.3 is 9.88 Å². The van der Waals surface area contributed by atoms with Crippen LogP contribution in [0.4, 0.5) is 5.69 Å². The van der Waals surface area contributed by atoms with E-state index < -0.39 is 0 Å². The molecule has 1 saturated heterocycles. The first kappa shape index (κ1) is 22.7. The standard InChI is InChI=1S/C25H23Cl2N3OS/c1-14(2)17-8-10-19(11-9-17)30-15(3)12-18(16(30)4)13-22-24(31)29-25(32-22)28-21-7-5-6-20(26)23(21)27/h5-14H,1-4H3,(H,28,29,31)/b22-13-. The Bertz CT molecular complexity index is 1260. The molecule has 0 bridgehead atoms. The van der Waals surface area contributed by atoms with Gasteiger partial charge in [0, 0.05) is 17.1 Å². The Labute approximate surface area is 202 Å². The summed E-state index contributed by atoms with van der Waals surface area (Å²) in [4.78, 5) is 17.6. The van der Waals surface area contributed by atoms with Crippen LogP contribution in [0, 0.1) is 13.8 Å². The van der Waals surface area contributed by atoms with Crippen molar-refractivity contribution in [3.8, 4) is 5.69 Å². The zero-order valence-corrected chi connectivity index (χ0v) is 20.6. The number of hydrogen-bond acceptors (Lipinski definition) is 3. The summed E-state index contributed by atoms with van der Waals surface area (Å²) in [6, 6.07) is 15.9. The van der Waals surface area contributed by atoms with E-state index >= 15 is 0 Å². The second-order valence-electron chi connectivity index (χ2n) is 7.96. The number of nitrogens with one attached hydrogen (secondary N) is 1. The number of aromatic nitrogens is 1. The summed E-state index contributed by atoms with van der Waals surface area (Å²) < 4.78 is 2.20. The van der Waals surface area contributed by atoms with Gasteiger partial charge in [0.25, 0.3) is 5.91 Å². The van der Waals surface area contributed by atoms with Crippen molar-refractivity contribution in [2.45, 2.75) is 33.6 Å². The second kappa shape index (κ2) is 9.18. The number of hydrogen-bond donors (Lipinski definition) is 1. The number of amides is 1. The average Bonchev–Trinajstić information content (AvgIpc) is 3.23. The van der Waals surface area contributed by atoms with Gasteiger partial charge in [-0.3, -0.25) is 4.79 Å². The van der Waals surface area contributed by atoms with Crippen molar-refractivity contribution >= 4 is 57.8 Å². The van der Waals surface area contributed by atoms with Crippen LogP contribution < -0.4 is 5.32 Å². The number of carbonyl (C=O) groups excluding carboxylic acids is 1. The lowest BCUT2D eigenvalue weighted by molar-refractivity contribution is -0.115. The summed E-state index contributed by atoms with van der Waals surface area (Å²) >= 11 is 13.6. The quantitative estimate of drug-likeness (QED) is 0.392. The van der Waals surface area contributed by atoms with Crippen molar-refractivity contribution in [1.82, 2.24) is 9.88 Å². The molecule has 4 rings (SSSR count). The Hall–Kier alpha value is -2.47. The summed E-state index contributed by atoms with van der Waals surface area (Å²) in [7, 11) is 0. The molecule has 0 saturated carbocycles. The van der Waals surface area contributed by atoms with Crippen molar-refractivity contribution < 1.29 is 4.79 Å². The fraction of sp³-hybridized carbons (Fsp3) is 0.200. The van der Waals surface area contributed by atoms with Crippen LogP contribution in [-0.4, -0.2) is 15.6 Å². The zero-order valence-electron chi connectivity index (χ0n) is 18.2. The molecule has 4 nitrogen and oxygen atoms in total. The number of thioether (sulfide) groups is 1. The molecule has 0 aliphatic carbocycles. The van der Waals surface area contributed by atoms with Crippen molar-refractivity contribution in [3.05, 3.63) is 86.0 Å². The summed E-state index contributed by atoms with van der Waals surface area (Å²) in [5.74, 6) is 0.310. The molecule has 0 spiro atoms. The lowest BCUT2D eigenvalue weighted by Crippen LogP contribution is -2.19. The van der Waals surface area contributed by atoms with E-state index in [0.29, 0.717) is 31.7 Å². The fourth-order valence-corrected chi connectivity index (χ4v) is 4.81. The van der Waals surface area contributed by atoms with Crippen molar-refractivity contribution in [2.24, 2.45) is 4.99 Å². The lowest BCUT2D eigenvalue weighted by atomic mass is 10.0. The Balaban J connectivity index is 1.63. The van der Waals surface area contributed by atoms with E-state index in [1.807, 2.05) is 6.08 Å². The van der Waals surface area contributed by atoms with Crippen molar-refractivity contribution in [1.29, 1.82) is 0 Å². The third-order valence-electron chi connectivity index (χ3n) is 5.38. The molecule has 2 aromatic carbocycles. The Morgan fingerprint density at radius 1 is 1.09 bits per heavy atom. The molecule has 1 fully saturated rings. The van der Waals surface area contributed by atoms with E-state index in [1.165, 1.54) is 17.3 Å². The van der Waals surface area contributed by atoms with Crippen molar-refractivity contribution in [2.75, 3.05) is 0 Å². The van der Waals surface area contributed by atoms with Crippen molar-refractivity contribution in [3.63, 3.8) is 0 Å². The lowest BCUT2D eigenvalue weighted by Gasteiger charge is -2.12. The number of benzene rings is 2. The predicted octanol–water partition coefficient (Wildman–Crippen LogP) is 7.42. The highest BCUT2D eigenvalue weighted by molar-refractivity contribution is 8.18. The van der Waals surface area contributed by atoms with E-state index in [2.05, 4.69) is 72.9 Å². The maximum atomic E-state index is 12.6. The number of halogens is 2. The molecular weight excluding hydrogens is 461 g/mol. The molecule has 1 aromatic heterocycles.